The number of nitrogens with one attached hydrogen (secondary N) is 2. The molecule has 0 radical (unpaired) electrons. The van der Waals surface area contributed by atoms with Gasteiger partial charge in [0, 0.05) is 21.3 Å². The number of fused-ring (bicyclic) bond motifs is 1. The lowest BCUT2D eigenvalue weighted by molar-refractivity contribution is 0.0977. The van der Waals surface area contributed by atoms with Crippen LogP contribution in [0.5, 0.6) is 0 Å². The molecule has 0 fully saturated rings. The summed E-state index contributed by atoms with van der Waals surface area (Å²) in [7, 11) is 0. The third kappa shape index (κ3) is 5.35. The molecule has 0 aliphatic carbocycles. The van der Waals surface area contributed by atoms with Crippen LogP contribution in [-0.4, -0.2) is 21.5 Å². The SMILES string of the molecule is CCc1ccc2oc(-c3ccc(NC(=S)NC(=O)c4cccc(Br)c4)cc3)nc2c1.O. The molecule has 6 nitrogen and oxygen atoms in total. The van der Waals surface area contributed by atoms with Gasteiger partial charge in [-0.05, 0) is 78.8 Å². The molecule has 158 valence electrons. The minimum Gasteiger partial charge on any atom is -0.436 e. The Labute approximate surface area is 193 Å². The highest BCUT2D eigenvalue weighted by Gasteiger charge is 2.10. The molecule has 1 amide bonds. The van der Waals surface area contributed by atoms with Gasteiger partial charge in [-0.25, -0.2) is 4.98 Å². The highest BCUT2D eigenvalue weighted by atomic mass is 79.9. The molecule has 0 aliphatic heterocycles. The zero-order valence-corrected chi connectivity index (χ0v) is 19.0. The Balaban J connectivity index is 0.00000272. The molecule has 1 aromatic heterocycles. The van der Waals surface area contributed by atoms with Crippen LogP contribution >= 0.6 is 28.1 Å². The first-order chi connectivity index (χ1) is 14.5. The topological polar surface area (TPSA) is 98.7 Å². The van der Waals surface area contributed by atoms with E-state index < -0.39 is 0 Å². The lowest BCUT2D eigenvalue weighted by atomic mass is 10.1. The van der Waals surface area contributed by atoms with Gasteiger partial charge in [0.05, 0.1) is 0 Å². The number of rotatable bonds is 4. The van der Waals surface area contributed by atoms with E-state index in [1.807, 2.05) is 48.5 Å². The van der Waals surface area contributed by atoms with Gasteiger partial charge >= 0.3 is 0 Å². The number of carbonyl (C=O) groups is 1. The molecule has 0 aliphatic rings. The number of oxazole rings is 1. The molecule has 0 atom stereocenters. The molecule has 0 spiro atoms. The van der Waals surface area contributed by atoms with Crippen molar-refractivity contribution in [3.05, 3.63) is 82.3 Å². The lowest BCUT2D eigenvalue weighted by Crippen LogP contribution is -2.34. The summed E-state index contributed by atoms with van der Waals surface area (Å²) in [6.07, 6.45) is 0.955. The zero-order valence-electron chi connectivity index (χ0n) is 16.6. The first-order valence-electron chi connectivity index (χ1n) is 9.39. The van der Waals surface area contributed by atoms with E-state index in [0.717, 1.165) is 33.2 Å². The predicted octanol–water partition coefficient (Wildman–Crippen LogP) is 5.12. The van der Waals surface area contributed by atoms with Crippen LogP contribution in [-0.2, 0) is 6.42 Å². The monoisotopic (exact) mass is 497 g/mol. The molecule has 4 N–H and O–H groups in total. The predicted molar refractivity (Wildman–Crippen MR) is 130 cm³/mol. The Bertz CT molecular complexity index is 1240. The number of amides is 1. The van der Waals surface area contributed by atoms with Crippen LogP contribution in [0.4, 0.5) is 5.69 Å². The summed E-state index contributed by atoms with van der Waals surface area (Å²) < 4.78 is 6.70. The number of nitrogens with zero attached hydrogens (tertiary/aromatic N) is 1. The standard InChI is InChI=1S/C23H18BrN3O2S.H2O/c1-2-14-6-11-20-19(12-14)26-22(29-20)15-7-9-18(10-8-15)25-23(30)27-21(28)16-4-3-5-17(24)13-16;/h3-13H,2H2,1H3,(H2,25,27,28,30);1H2. The molecule has 8 heteroatoms. The van der Waals surface area contributed by atoms with Gasteiger partial charge in [0.25, 0.3) is 5.91 Å². The molecular weight excluding hydrogens is 478 g/mol. The van der Waals surface area contributed by atoms with Crippen LogP contribution in [0.15, 0.2) is 75.6 Å². The molecule has 4 aromatic rings. The van der Waals surface area contributed by atoms with Gasteiger partial charge in [-0.2, -0.15) is 0 Å². The number of anilines is 1. The smallest absolute Gasteiger partial charge is 0.257 e. The molecule has 0 bridgehead atoms. The first-order valence-corrected chi connectivity index (χ1v) is 10.6. The third-order valence-electron chi connectivity index (χ3n) is 4.56. The van der Waals surface area contributed by atoms with E-state index in [2.05, 4.69) is 38.5 Å². The summed E-state index contributed by atoms with van der Waals surface area (Å²) in [5.74, 6) is 0.290. The molecule has 3 aromatic carbocycles. The largest absolute Gasteiger partial charge is 0.436 e. The Morgan fingerprint density at radius 2 is 1.87 bits per heavy atom. The fraction of sp³-hybridized carbons (Fsp3) is 0.0870. The van der Waals surface area contributed by atoms with Gasteiger partial charge in [-0.3, -0.25) is 10.1 Å². The molecule has 0 saturated heterocycles. The highest BCUT2D eigenvalue weighted by Crippen LogP contribution is 2.26. The van der Waals surface area contributed by atoms with Crippen molar-refractivity contribution >= 4 is 56.0 Å². The summed E-state index contributed by atoms with van der Waals surface area (Å²) in [4.78, 5) is 16.9. The van der Waals surface area contributed by atoms with Crippen molar-refractivity contribution in [2.45, 2.75) is 13.3 Å². The summed E-state index contributed by atoms with van der Waals surface area (Å²) in [6, 6.07) is 20.7. The second kappa shape index (κ2) is 9.82. The van der Waals surface area contributed by atoms with Crippen LogP contribution in [0.25, 0.3) is 22.6 Å². The van der Waals surface area contributed by atoms with Crippen LogP contribution in [0.1, 0.15) is 22.8 Å². The van der Waals surface area contributed by atoms with Gasteiger partial charge in [0.1, 0.15) is 5.52 Å². The summed E-state index contributed by atoms with van der Waals surface area (Å²) in [5.41, 5.74) is 4.97. The lowest BCUT2D eigenvalue weighted by Gasteiger charge is -2.10. The van der Waals surface area contributed by atoms with Gasteiger partial charge in [-0.1, -0.05) is 35.0 Å². The van der Waals surface area contributed by atoms with Gasteiger partial charge in [0.15, 0.2) is 10.7 Å². The third-order valence-corrected chi connectivity index (χ3v) is 5.26. The molecule has 4 rings (SSSR count). The van der Waals surface area contributed by atoms with Crippen molar-refractivity contribution in [3.8, 4) is 11.5 Å². The van der Waals surface area contributed by atoms with E-state index in [1.165, 1.54) is 5.56 Å². The van der Waals surface area contributed by atoms with Crippen LogP contribution in [0.2, 0.25) is 0 Å². The summed E-state index contributed by atoms with van der Waals surface area (Å²) in [5, 5.41) is 5.91. The van der Waals surface area contributed by atoms with Crippen molar-refractivity contribution in [2.24, 2.45) is 0 Å². The number of halogens is 1. The van der Waals surface area contributed by atoms with Crippen molar-refractivity contribution in [3.63, 3.8) is 0 Å². The Morgan fingerprint density at radius 1 is 1.10 bits per heavy atom. The number of thiocarbonyl (C=S) groups is 1. The van der Waals surface area contributed by atoms with Crippen molar-refractivity contribution in [2.75, 3.05) is 5.32 Å². The van der Waals surface area contributed by atoms with E-state index in [9.17, 15) is 4.79 Å². The number of aromatic nitrogens is 1. The average molecular weight is 498 g/mol. The fourth-order valence-corrected chi connectivity index (χ4v) is 3.59. The van der Waals surface area contributed by atoms with Crippen molar-refractivity contribution < 1.29 is 14.7 Å². The maximum atomic E-state index is 12.3. The minimum atomic E-state index is -0.275. The maximum Gasteiger partial charge on any atom is 0.257 e. The fourth-order valence-electron chi connectivity index (χ4n) is 2.98. The van der Waals surface area contributed by atoms with Gasteiger partial charge in [-0.15, -0.1) is 0 Å². The van der Waals surface area contributed by atoms with E-state index in [-0.39, 0.29) is 16.5 Å². The average Bonchev–Trinajstić information content (AvgIpc) is 3.17. The van der Waals surface area contributed by atoms with Gasteiger partial charge in [0.2, 0.25) is 5.89 Å². The highest BCUT2D eigenvalue weighted by molar-refractivity contribution is 9.10. The second-order valence-electron chi connectivity index (χ2n) is 6.67. The van der Waals surface area contributed by atoms with Crippen LogP contribution in [0, 0.1) is 0 Å². The van der Waals surface area contributed by atoms with E-state index in [0.29, 0.717) is 11.5 Å². The molecule has 31 heavy (non-hydrogen) atoms. The summed E-state index contributed by atoms with van der Waals surface area (Å²) >= 11 is 8.61. The maximum absolute atomic E-state index is 12.3. The summed E-state index contributed by atoms with van der Waals surface area (Å²) in [6.45, 7) is 2.11. The van der Waals surface area contributed by atoms with E-state index in [1.54, 1.807) is 18.2 Å². The quantitative estimate of drug-likeness (QED) is 0.381. The van der Waals surface area contributed by atoms with E-state index in [4.69, 9.17) is 16.6 Å². The molecular formula is C23H20BrN3O3S. The van der Waals surface area contributed by atoms with Crippen molar-refractivity contribution in [1.29, 1.82) is 0 Å². The number of aryl methyl sites for hydroxylation is 1. The van der Waals surface area contributed by atoms with Crippen LogP contribution < -0.4 is 10.6 Å². The Hall–Kier alpha value is -3.07. The zero-order chi connectivity index (χ0) is 21.1. The Morgan fingerprint density at radius 3 is 2.58 bits per heavy atom. The van der Waals surface area contributed by atoms with E-state index >= 15 is 0 Å². The first kappa shape index (κ1) is 22.6. The van der Waals surface area contributed by atoms with Crippen LogP contribution in [0.3, 0.4) is 0 Å². The Kier molecular flexibility index (Phi) is 7.17. The van der Waals surface area contributed by atoms with Gasteiger partial charge < -0.3 is 15.2 Å². The molecule has 0 saturated carbocycles. The number of benzene rings is 3. The second-order valence-corrected chi connectivity index (χ2v) is 7.99. The number of hydrogen-bond donors (Lipinski definition) is 2. The number of carbonyl (C=O) groups excluding carboxylic acids is 1. The number of hydrogen-bond acceptors (Lipinski definition) is 4. The van der Waals surface area contributed by atoms with Crippen molar-refractivity contribution in [1.82, 2.24) is 10.3 Å². The molecule has 0 unspecified atom stereocenters. The molecule has 1 heterocycles. The normalized spacial score (nSPS) is 10.4. The minimum absolute atomic E-state index is 0.